The van der Waals surface area contributed by atoms with Crippen LogP contribution in [0.15, 0.2) is 115 Å². The minimum absolute atomic E-state index is 0.804. The molecular weight excluding hydrogens is 431 g/mol. The van der Waals surface area contributed by atoms with Crippen LogP contribution in [0.4, 0.5) is 0 Å². The Morgan fingerprint density at radius 1 is 0.529 bits per heavy atom. The summed E-state index contributed by atoms with van der Waals surface area (Å²) in [7, 11) is -1.87. The van der Waals surface area contributed by atoms with E-state index in [1.54, 1.807) is 0 Å². The SMILES string of the molecule is CCCCCCCOc1ccc(C[P+](c2ccccc2)(c2ccccc2)c2ccccc2)cc1. The van der Waals surface area contributed by atoms with E-state index in [0.29, 0.717) is 0 Å². The van der Waals surface area contributed by atoms with Crippen molar-refractivity contribution in [2.45, 2.75) is 45.2 Å². The number of hydrogen-bond donors (Lipinski definition) is 0. The van der Waals surface area contributed by atoms with E-state index in [-0.39, 0.29) is 0 Å². The highest BCUT2D eigenvalue weighted by molar-refractivity contribution is 7.95. The summed E-state index contributed by atoms with van der Waals surface area (Å²) in [6.07, 6.45) is 7.28. The largest absolute Gasteiger partial charge is 0.494 e. The van der Waals surface area contributed by atoms with Crippen LogP contribution < -0.4 is 20.7 Å². The van der Waals surface area contributed by atoms with Gasteiger partial charge in [-0.25, -0.2) is 0 Å². The Bertz CT molecular complexity index is 995. The molecule has 0 radical (unpaired) electrons. The lowest BCUT2D eigenvalue weighted by atomic mass is 10.2. The van der Waals surface area contributed by atoms with E-state index in [0.717, 1.165) is 24.9 Å². The van der Waals surface area contributed by atoms with Gasteiger partial charge in [0.1, 0.15) is 28.9 Å². The van der Waals surface area contributed by atoms with E-state index >= 15 is 0 Å². The van der Waals surface area contributed by atoms with E-state index in [2.05, 4.69) is 122 Å². The maximum absolute atomic E-state index is 6.03. The molecule has 0 unspecified atom stereocenters. The van der Waals surface area contributed by atoms with E-state index in [1.807, 2.05) is 0 Å². The molecule has 0 aromatic heterocycles. The third-order valence-corrected chi connectivity index (χ3v) is 10.8. The summed E-state index contributed by atoms with van der Waals surface area (Å²) < 4.78 is 6.03. The van der Waals surface area contributed by atoms with E-state index in [4.69, 9.17) is 4.74 Å². The molecule has 0 heterocycles. The van der Waals surface area contributed by atoms with Crippen LogP contribution in [0.5, 0.6) is 5.75 Å². The fourth-order valence-electron chi connectivity index (χ4n) is 4.63. The summed E-state index contributed by atoms with van der Waals surface area (Å²) in [5.41, 5.74) is 1.35. The third-order valence-electron chi connectivity index (χ3n) is 6.45. The number of benzene rings is 4. The average Bonchev–Trinajstić information content (AvgIpc) is 2.91. The van der Waals surface area contributed by atoms with Crippen LogP contribution in [-0.2, 0) is 6.16 Å². The van der Waals surface area contributed by atoms with Gasteiger partial charge in [-0.1, -0.05) is 99.3 Å². The molecule has 0 aliphatic carbocycles. The Morgan fingerprint density at radius 3 is 1.47 bits per heavy atom. The van der Waals surface area contributed by atoms with Crippen molar-refractivity contribution >= 4 is 23.2 Å². The Hall–Kier alpha value is -2.89. The zero-order valence-electron chi connectivity index (χ0n) is 20.3. The maximum Gasteiger partial charge on any atom is 0.119 e. The Kier molecular flexibility index (Phi) is 8.94. The van der Waals surface area contributed by atoms with Crippen LogP contribution in [0.25, 0.3) is 0 Å². The van der Waals surface area contributed by atoms with Gasteiger partial charge in [-0.05, 0) is 60.5 Å². The van der Waals surface area contributed by atoms with Crippen LogP contribution in [0.3, 0.4) is 0 Å². The highest BCUT2D eigenvalue weighted by Crippen LogP contribution is 2.58. The van der Waals surface area contributed by atoms with Crippen molar-refractivity contribution in [1.29, 1.82) is 0 Å². The molecule has 0 saturated carbocycles. The molecule has 4 rings (SSSR count). The molecule has 0 N–H and O–H groups in total. The summed E-state index contributed by atoms with van der Waals surface area (Å²) in [6.45, 7) is 3.06. The molecule has 4 aromatic rings. The first-order valence-electron chi connectivity index (χ1n) is 12.6. The molecule has 34 heavy (non-hydrogen) atoms. The predicted molar refractivity (Wildman–Crippen MR) is 150 cm³/mol. The Balaban J connectivity index is 1.62. The third kappa shape index (κ3) is 5.96. The van der Waals surface area contributed by atoms with Crippen LogP contribution in [0, 0.1) is 0 Å². The highest BCUT2D eigenvalue weighted by Gasteiger charge is 2.45. The summed E-state index contributed by atoms with van der Waals surface area (Å²) in [5.74, 6) is 0.974. The van der Waals surface area contributed by atoms with Gasteiger partial charge >= 0.3 is 0 Å². The number of ether oxygens (including phenoxy) is 1. The first-order chi connectivity index (χ1) is 16.8. The van der Waals surface area contributed by atoms with E-state index in [1.165, 1.54) is 47.2 Å². The Labute approximate surface area is 206 Å². The van der Waals surface area contributed by atoms with Crippen molar-refractivity contribution in [2.24, 2.45) is 0 Å². The maximum atomic E-state index is 6.03. The average molecular weight is 468 g/mol. The van der Waals surface area contributed by atoms with Crippen molar-refractivity contribution in [3.05, 3.63) is 121 Å². The second kappa shape index (κ2) is 12.5. The quantitative estimate of drug-likeness (QED) is 0.155. The summed E-state index contributed by atoms with van der Waals surface area (Å²) in [5, 5.41) is 4.25. The van der Waals surface area contributed by atoms with Gasteiger partial charge in [0.2, 0.25) is 0 Å². The van der Waals surface area contributed by atoms with Crippen LogP contribution >= 0.6 is 7.26 Å². The first kappa shape index (κ1) is 24.2. The lowest BCUT2D eigenvalue weighted by Gasteiger charge is -2.28. The summed E-state index contributed by atoms with van der Waals surface area (Å²) >= 11 is 0. The molecule has 2 heteroatoms. The molecule has 0 atom stereocenters. The fraction of sp³-hybridized carbons (Fsp3) is 0.250. The lowest BCUT2D eigenvalue weighted by Crippen LogP contribution is -2.32. The van der Waals surface area contributed by atoms with Gasteiger partial charge in [0, 0.05) is 0 Å². The van der Waals surface area contributed by atoms with Gasteiger partial charge in [-0.3, -0.25) is 0 Å². The molecule has 0 aliphatic rings. The zero-order chi connectivity index (χ0) is 23.5. The molecule has 0 amide bonds. The normalized spacial score (nSPS) is 11.3. The van der Waals surface area contributed by atoms with Crippen molar-refractivity contribution in [3.8, 4) is 5.75 Å². The molecule has 0 saturated heterocycles. The second-order valence-corrected chi connectivity index (χ2v) is 12.4. The molecule has 0 aliphatic heterocycles. The van der Waals surface area contributed by atoms with Gasteiger partial charge in [-0.2, -0.15) is 0 Å². The summed E-state index contributed by atoms with van der Waals surface area (Å²) in [4.78, 5) is 0. The first-order valence-corrected chi connectivity index (χ1v) is 14.6. The highest BCUT2D eigenvalue weighted by atomic mass is 31.2. The van der Waals surface area contributed by atoms with Crippen molar-refractivity contribution in [3.63, 3.8) is 0 Å². The zero-order valence-corrected chi connectivity index (χ0v) is 21.2. The molecule has 174 valence electrons. The van der Waals surface area contributed by atoms with Crippen LogP contribution in [0.1, 0.15) is 44.6 Å². The monoisotopic (exact) mass is 467 g/mol. The molecule has 1 nitrogen and oxygen atoms in total. The van der Waals surface area contributed by atoms with Crippen molar-refractivity contribution < 1.29 is 4.74 Å². The number of hydrogen-bond acceptors (Lipinski definition) is 1. The van der Waals surface area contributed by atoms with Crippen LogP contribution in [-0.4, -0.2) is 6.61 Å². The van der Waals surface area contributed by atoms with Gasteiger partial charge in [0.15, 0.2) is 0 Å². The Morgan fingerprint density at radius 2 is 1.00 bits per heavy atom. The van der Waals surface area contributed by atoms with E-state index in [9.17, 15) is 0 Å². The second-order valence-electron chi connectivity index (χ2n) is 8.88. The van der Waals surface area contributed by atoms with Crippen molar-refractivity contribution in [1.82, 2.24) is 0 Å². The van der Waals surface area contributed by atoms with Crippen LogP contribution in [0.2, 0.25) is 0 Å². The standard InChI is InChI=1S/C32H36OP/c1-2-3-4-5-15-26-33-29-24-22-28(23-25-29)27-34(30-16-9-6-10-17-30,31-18-11-7-12-19-31)32-20-13-8-14-21-32/h6-14,16-25H,2-5,15,26-27H2,1H3/q+1. The molecular formula is C32H36OP+. The topological polar surface area (TPSA) is 9.23 Å². The fourth-order valence-corrected chi connectivity index (χ4v) is 8.87. The lowest BCUT2D eigenvalue weighted by molar-refractivity contribution is 0.304. The molecule has 0 bridgehead atoms. The predicted octanol–water partition coefficient (Wildman–Crippen LogP) is 7.53. The number of unbranched alkanes of at least 4 members (excludes halogenated alkanes) is 4. The number of rotatable bonds is 12. The smallest absolute Gasteiger partial charge is 0.119 e. The summed E-state index contributed by atoms with van der Waals surface area (Å²) in [6, 6.07) is 42.1. The van der Waals surface area contributed by atoms with Crippen molar-refractivity contribution in [2.75, 3.05) is 6.61 Å². The minimum atomic E-state index is -1.87. The van der Waals surface area contributed by atoms with Gasteiger partial charge in [0.05, 0.1) is 12.8 Å². The molecule has 0 fully saturated rings. The molecule has 4 aromatic carbocycles. The van der Waals surface area contributed by atoms with Gasteiger partial charge in [-0.15, -0.1) is 0 Å². The van der Waals surface area contributed by atoms with Gasteiger partial charge in [0.25, 0.3) is 0 Å². The minimum Gasteiger partial charge on any atom is -0.494 e. The van der Waals surface area contributed by atoms with E-state index < -0.39 is 7.26 Å². The van der Waals surface area contributed by atoms with Gasteiger partial charge < -0.3 is 4.74 Å². The molecule has 0 spiro atoms.